The third-order valence-electron chi connectivity index (χ3n) is 3.26. The second-order valence-corrected chi connectivity index (χ2v) is 5.28. The van der Waals surface area contributed by atoms with Crippen LogP contribution in [0.2, 0.25) is 5.15 Å². The number of ketones is 1. The third-order valence-corrected chi connectivity index (χ3v) is 3.56. The highest BCUT2D eigenvalue weighted by Gasteiger charge is 2.17. The normalized spacial score (nSPS) is 10.4. The molecule has 3 rings (SSSR count). The van der Waals surface area contributed by atoms with Crippen molar-refractivity contribution in [3.63, 3.8) is 0 Å². The molecule has 3 aromatic rings. The van der Waals surface area contributed by atoms with Crippen LogP contribution < -0.4 is 5.32 Å². The summed E-state index contributed by atoms with van der Waals surface area (Å²) in [5.41, 5.74) is 0.924. The van der Waals surface area contributed by atoms with Crippen LogP contribution in [0.4, 0.5) is 10.1 Å². The van der Waals surface area contributed by atoms with Crippen LogP contribution >= 0.6 is 11.6 Å². The summed E-state index contributed by atoms with van der Waals surface area (Å²) < 4.78 is 13.1. The minimum Gasteiger partial charge on any atom is -0.348 e. The van der Waals surface area contributed by atoms with Gasteiger partial charge in [-0.2, -0.15) is 0 Å². The van der Waals surface area contributed by atoms with Crippen LogP contribution in [0.25, 0.3) is 0 Å². The Morgan fingerprint density at radius 3 is 2.62 bits per heavy atom. The molecule has 7 heteroatoms. The number of hydrogen-bond donors (Lipinski definition) is 2. The van der Waals surface area contributed by atoms with E-state index in [9.17, 15) is 14.0 Å². The minimum atomic E-state index is -0.489. The predicted octanol–water partition coefficient (Wildman–Crippen LogP) is 3.69. The van der Waals surface area contributed by atoms with Gasteiger partial charge in [0.2, 0.25) is 5.78 Å². The van der Waals surface area contributed by atoms with Gasteiger partial charge in [0.05, 0.1) is 11.3 Å². The first kappa shape index (κ1) is 15.9. The predicted molar refractivity (Wildman–Crippen MR) is 87.8 cm³/mol. The van der Waals surface area contributed by atoms with Crippen molar-refractivity contribution in [1.29, 1.82) is 0 Å². The van der Waals surface area contributed by atoms with Crippen molar-refractivity contribution in [3.05, 3.63) is 82.6 Å². The molecule has 0 aliphatic carbocycles. The third kappa shape index (κ3) is 3.33. The highest BCUT2D eigenvalue weighted by molar-refractivity contribution is 6.33. The minimum absolute atomic E-state index is 0.0860. The van der Waals surface area contributed by atoms with Gasteiger partial charge in [0.15, 0.2) is 0 Å². The average molecular weight is 344 g/mol. The van der Waals surface area contributed by atoms with Crippen LogP contribution in [-0.2, 0) is 0 Å². The molecule has 1 amide bonds. The maximum absolute atomic E-state index is 13.1. The molecule has 0 saturated carbocycles. The maximum atomic E-state index is 13.1. The number of aromatic amines is 1. The Bertz CT molecular complexity index is 923. The molecular formula is C17H11ClFN3O2. The lowest BCUT2D eigenvalue weighted by Crippen LogP contribution is -2.13. The molecule has 0 radical (unpaired) electrons. The van der Waals surface area contributed by atoms with Crippen molar-refractivity contribution in [2.45, 2.75) is 0 Å². The highest BCUT2D eigenvalue weighted by Crippen LogP contribution is 2.17. The first-order chi connectivity index (χ1) is 11.5. The molecule has 24 heavy (non-hydrogen) atoms. The molecule has 2 aromatic heterocycles. The van der Waals surface area contributed by atoms with Crippen molar-refractivity contribution in [2.24, 2.45) is 0 Å². The summed E-state index contributed by atoms with van der Waals surface area (Å²) in [6.07, 6.45) is 1.48. The Labute approximate surface area is 141 Å². The van der Waals surface area contributed by atoms with Crippen molar-refractivity contribution < 1.29 is 14.0 Å². The number of nitrogens with zero attached hydrogens (tertiary/aromatic N) is 1. The van der Waals surface area contributed by atoms with E-state index in [4.69, 9.17) is 11.6 Å². The number of carbonyl (C=O) groups is 2. The van der Waals surface area contributed by atoms with E-state index < -0.39 is 11.7 Å². The second kappa shape index (κ2) is 6.64. The summed E-state index contributed by atoms with van der Waals surface area (Å²) in [5, 5.41) is 2.63. The lowest BCUT2D eigenvalue weighted by molar-refractivity contribution is 0.102. The molecule has 0 fully saturated rings. The smallest absolute Gasteiger partial charge is 0.272 e. The lowest BCUT2D eigenvalue weighted by Gasteiger charge is -2.04. The van der Waals surface area contributed by atoms with E-state index in [1.807, 2.05) is 0 Å². The van der Waals surface area contributed by atoms with Gasteiger partial charge in [-0.15, -0.1) is 0 Å². The van der Waals surface area contributed by atoms with Gasteiger partial charge >= 0.3 is 0 Å². The van der Waals surface area contributed by atoms with E-state index in [-0.39, 0.29) is 27.9 Å². The molecule has 2 heterocycles. The molecule has 5 nitrogen and oxygen atoms in total. The number of halogens is 2. The van der Waals surface area contributed by atoms with E-state index in [0.717, 1.165) is 0 Å². The fourth-order valence-corrected chi connectivity index (χ4v) is 2.33. The maximum Gasteiger partial charge on any atom is 0.272 e. The first-order valence-corrected chi connectivity index (χ1v) is 7.33. The summed E-state index contributed by atoms with van der Waals surface area (Å²) in [7, 11) is 0. The number of hydrogen-bond acceptors (Lipinski definition) is 3. The number of aromatic nitrogens is 2. The highest BCUT2D eigenvalue weighted by atomic mass is 35.5. The Balaban J connectivity index is 1.79. The number of rotatable bonds is 4. The summed E-state index contributed by atoms with van der Waals surface area (Å²) in [6.45, 7) is 0. The summed E-state index contributed by atoms with van der Waals surface area (Å²) >= 11 is 5.90. The molecule has 0 saturated heterocycles. The van der Waals surface area contributed by atoms with Gasteiger partial charge < -0.3 is 10.3 Å². The fourth-order valence-electron chi connectivity index (χ4n) is 2.13. The Morgan fingerprint density at radius 1 is 1.08 bits per heavy atom. The van der Waals surface area contributed by atoms with Crippen LogP contribution in [0, 0.1) is 5.82 Å². The zero-order valence-corrected chi connectivity index (χ0v) is 13.0. The standard InChI is InChI=1S/C17H11ClFN3O2/c18-16-12(5-2-8-20-16)15(23)13-6-7-14(22-13)17(24)21-11-4-1-3-10(19)9-11/h1-9,22H,(H,21,24). The molecular weight excluding hydrogens is 333 g/mol. The van der Waals surface area contributed by atoms with E-state index >= 15 is 0 Å². The largest absolute Gasteiger partial charge is 0.348 e. The number of pyridine rings is 1. The summed E-state index contributed by atoms with van der Waals surface area (Å²) in [6, 6.07) is 11.6. The van der Waals surface area contributed by atoms with Gasteiger partial charge in [-0.1, -0.05) is 17.7 Å². The summed E-state index contributed by atoms with van der Waals surface area (Å²) in [5.74, 6) is -1.32. The Morgan fingerprint density at radius 2 is 1.88 bits per heavy atom. The van der Waals surface area contributed by atoms with E-state index in [1.165, 1.54) is 36.5 Å². The quantitative estimate of drug-likeness (QED) is 0.560. The lowest BCUT2D eigenvalue weighted by atomic mass is 10.1. The number of anilines is 1. The average Bonchev–Trinajstić information content (AvgIpc) is 3.05. The first-order valence-electron chi connectivity index (χ1n) is 6.96. The van der Waals surface area contributed by atoms with Crippen molar-refractivity contribution in [2.75, 3.05) is 5.32 Å². The van der Waals surface area contributed by atoms with Crippen LogP contribution in [0.15, 0.2) is 54.7 Å². The number of nitrogens with one attached hydrogen (secondary N) is 2. The molecule has 2 N–H and O–H groups in total. The second-order valence-electron chi connectivity index (χ2n) is 4.92. The van der Waals surface area contributed by atoms with Crippen LogP contribution in [0.5, 0.6) is 0 Å². The molecule has 0 atom stereocenters. The van der Waals surface area contributed by atoms with E-state index in [2.05, 4.69) is 15.3 Å². The van der Waals surface area contributed by atoms with Crippen molar-refractivity contribution >= 4 is 29.0 Å². The monoisotopic (exact) mass is 343 g/mol. The van der Waals surface area contributed by atoms with Crippen LogP contribution in [0.3, 0.4) is 0 Å². The zero-order chi connectivity index (χ0) is 17.1. The topological polar surface area (TPSA) is 74.8 Å². The number of H-pyrrole nitrogens is 1. The Hall–Kier alpha value is -2.99. The summed E-state index contributed by atoms with van der Waals surface area (Å²) in [4.78, 5) is 31.1. The van der Waals surface area contributed by atoms with Gasteiger partial charge in [0, 0.05) is 11.9 Å². The number of amides is 1. The van der Waals surface area contributed by atoms with E-state index in [1.54, 1.807) is 18.2 Å². The fraction of sp³-hybridized carbons (Fsp3) is 0. The molecule has 0 aliphatic heterocycles. The van der Waals surface area contributed by atoms with Crippen molar-refractivity contribution in [1.82, 2.24) is 9.97 Å². The molecule has 0 unspecified atom stereocenters. The van der Waals surface area contributed by atoms with E-state index in [0.29, 0.717) is 5.69 Å². The Kier molecular flexibility index (Phi) is 4.39. The van der Waals surface area contributed by atoms with Gasteiger partial charge in [-0.05, 0) is 42.5 Å². The van der Waals surface area contributed by atoms with Gasteiger partial charge in [0.1, 0.15) is 16.7 Å². The molecule has 120 valence electrons. The molecule has 0 aliphatic rings. The number of benzene rings is 1. The molecule has 0 bridgehead atoms. The SMILES string of the molecule is O=C(Nc1cccc(F)c1)c1ccc(C(=O)c2cccnc2Cl)[nH]1. The van der Waals surface area contributed by atoms with Crippen LogP contribution in [-0.4, -0.2) is 21.7 Å². The number of carbonyl (C=O) groups excluding carboxylic acids is 2. The van der Waals surface area contributed by atoms with Gasteiger partial charge in [-0.25, -0.2) is 9.37 Å². The van der Waals surface area contributed by atoms with Crippen molar-refractivity contribution in [3.8, 4) is 0 Å². The van der Waals surface area contributed by atoms with Gasteiger partial charge in [-0.3, -0.25) is 9.59 Å². The molecule has 1 aromatic carbocycles. The molecule has 0 spiro atoms. The van der Waals surface area contributed by atoms with Gasteiger partial charge in [0.25, 0.3) is 5.91 Å². The van der Waals surface area contributed by atoms with Crippen LogP contribution in [0.1, 0.15) is 26.5 Å². The zero-order valence-electron chi connectivity index (χ0n) is 12.2.